The van der Waals surface area contributed by atoms with Crippen LogP contribution in [0.3, 0.4) is 0 Å². The Morgan fingerprint density at radius 2 is 1.90 bits per heavy atom. The van der Waals surface area contributed by atoms with Crippen molar-refractivity contribution in [1.82, 2.24) is 10.2 Å². The molecule has 1 fully saturated rings. The maximum absolute atomic E-state index is 5.24. The number of hydrogen-bond donors (Lipinski definition) is 1. The van der Waals surface area contributed by atoms with Crippen molar-refractivity contribution in [3.8, 4) is 5.75 Å². The second-order valence-electron chi connectivity index (χ2n) is 5.94. The molecule has 1 atom stereocenters. The molecule has 3 heteroatoms. The molecule has 1 heterocycles. The van der Waals surface area contributed by atoms with Crippen molar-refractivity contribution in [3.05, 3.63) is 29.8 Å². The Hall–Kier alpha value is -1.06. The molecule has 0 amide bonds. The first-order valence-electron chi connectivity index (χ1n) is 7.75. The molecule has 0 bridgehead atoms. The topological polar surface area (TPSA) is 24.5 Å². The first kappa shape index (κ1) is 15.3. The van der Waals surface area contributed by atoms with Gasteiger partial charge in [0.1, 0.15) is 5.75 Å². The highest BCUT2D eigenvalue weighted by atomic mass is 16.5. The summed E-state index contributed by atoms with van der Waals surface area (Å²) >= 11 is 0. The van der Waals surface area contributed by atoms with Crippen LogP contribution in [-0.4, -0.2) is 36.7 Å². The fourth-order valence-electron chi connectivity index (χ4n) is 3.20. The van der Waals surface area contributed by atoms with Crippen LogP contribution in [0, 0.1) is 0 Å². The molecule has 0 radical (unpaired) electrons. The Balaban J connectivity index is 2.14. The van der Waals surface area contributed by atoms with Gasteiger partial charge in [-0.1, -0.05) is 26.0 Å². The zero-order valence-corrected chi connectivity index (χ0v) is 13.3. The third-order valence-corrected chi connectivity index (χ3v) is 4.79. The number of methoxy groups -OCH3 is 1. The zero-order chi connectivity index (χ0) is 14.6. The SMILES string of the molecule is CCC1(CC)CNC(C)CN1Cc1ccc(OC)cc1. The monoisotopic (exact) mass is 276 g/mol. The average Bonchev–Trinajstić information content (AvgIpc) is 2.49. The zero-order valence-electron chi connectivity index (χ0n) is 13.3. The highest BCUT2D eigenvalue weighted by Crippen LogP contribution is 2.29. The normalized spacial score (nSPS) is 22.7. The fourth-order valence-corrected chi connectivity index (χ4v) is 3.20. The molecular weight excluding hydrogens is 248 g/mol. The Morgan fingerprint density at radius 3 is 2.45 bits per heavy atom. The number of nitrogens with zero attached hydrogens (tertiary/aromatic N) is 1. The van der Waals surface area contributed by atoms with Crippen LogP contribution < -0.4 is 10.1 Å². The van der Waals surface area contributed by atoms with E-state index in [9.17, 15) is 0 Å². The smallest absolute Gasteiger partial charge is 0.118 e. The first-order chi connectivity index (χ1) is 9.63. The summed E-state index contributed by atoms with van der Waals surface area (Å²) in [7, 11) is 1.71. The largest absolute Gasteiger partial charge is 0.497 e. The molecule has 3 nitrogen and oxygen atoms in total. The van der Waals surface area contributed by atoms with Crippen LogP contribution in [0.15, 0.2) is 24.3 Å². The number of nitrogens with one attached hydrogen (secondary N) is 1. The molecule has 1 aliphatic rings. The van der Waals surface area contributed by atoms with E-state index < -0.39 is 0 Å². The van der Waals surface area contributed by atoms with Crippen molar-refractivity contribution in [2.24, 2.45) is 0 Å². The lowest BCUT2D eigenvalue weighted by Gasteiger charge is -2.49. The minimum absolute atomic E-state index is 0.298. The summed E-state index contributed by atoms with van der Waals surface area (Å²) in [6.45, 7) is 10.1. The van der Waals surface area contributed by atoms with Gasteiger partial charge in [-0.3, -0.25) is 4.90 Å². The lowest BCUT2D eigenvalue weighted by atomic mass is 9.87. The quantitative estimate of drug-likeness (QED) is 0.894. The van der Waals surface area contributed by atoms with Crippen molar-refractivity contribution < 1.29 is 4.74 Å². The molecule has 0 saturated carbocycles. The third-order valence-electron chi connectivity index (χ3n) is 4.79. The maximum Gasteiger partial charge on any atom is 0.118 e. The number of hydrogen-bond acceptors (Lipinski definition) is 3. The van der Waals surface area contributed by atoms with E-state index in [1.54, 1.807) is 7.11 Å². The van der Waals surface area contributed by atoms with Crippen LogP contribution in [0.2, 0.25) is 0 Å². The van der Waals surface area contributed by atoms with E-state index in [0.29, 0.717) is 11.6 Å². The fraction of sp³-hybridized carbons (Fsp3) is 0.647. The van der Waals surface area contributed by atoms with Crippen LogP contribution >= 0.6 is 0 Å². The molecule has 20 heavy (non-hydrogen) atoms. The molecule has 1 saturated heterocycles. The molecule has 2 rings (SSSR count). The van der Waals surface area contributed by atoms with Gasteiger partial charge in [-0.05, 0) is 37.5 Å². The van der Waals surface area contributed by atoms with E-state index in [-0.39, 0.29) is 0 Å². The minimum Gasteiger partial charge on any atom is -0.497 e. The molecular formula is C17H28N2O. The molecule has 112 valence electrons. The van der Waals surface area contributed by atoms with Gasteiger partial charge in [-0.2, -0.15) is 0 Å². The number of benzene rings is 1. The molecule has 1 aromatic carbocycles. The van der Waals surface area contributed by atoms with Crippen molar-refractivity contribution in [3.63, 3.8) is 0 Å². The third kappa shape index (κ3) is 3.15. The van der Waals surface area contributed by atoms with Gasteiger partial charge >= 0.3 is 0 Å². The predicted octanol–water partition coefficient (Wildman–Crippen LogP) is 3.05. The maximum atomic E-state index is 5.24. The molecule has 1 N–H and O–H groups in total. The van der Waals surface area contributed by atoms with E-state index in [1.165, 1.54) is 18.4 Å². The highest BCUT2D eigenvalue weighted by molar-refractivity contribution is 5.27. The molecule has 1 unspecified atom stereocenters. The molecule has 0 spiro atoms. The predicted molar refractivity (Wildman–Crippen MR) is 84.2 cm³/mol. The van der Waals surface area contributed by atoms with Crippen molar-refractivity contribution in [2.45, 2.75) is 51.7 Å². The summed E-state index contributed by atoms with van der Waals surface area (Å²) in [6, 6.07) is 9.05. The van der Waals surface area contributed by atoms with Crippen molar-refractivity contribution >= 4 is 0 Å². The molecule has 0 aliphatic carbocycles. The van der Waals surface area contributed by atoms with Gasteiger partial charge in [0, 0.05) is 31.2 Å². The van der Waals surface area contributed by atoms with Crippen molar-refractivity contribution in [1.29, 1.82) is 0 Å². The Kier molecular flexibility index (Phi) is 5.06. The number of ether oxygens (including phenoxy) is 1. The van der Waals surface area contributed by atoms with Gasteiger partial charge < -0.3 is 10.1 Å². The van der Waals surface area contributed by atoms with Gasteiger partial charge in [-0.15, -0.1) is 0 Å². The molecule has 1 aliphatic heterocycles. The van der Waals surface area contributed by atoms with Crippen LogP contribution in [0.4, 0.5) is 0 Å². The van der Waals surface area contributed by atoms with E-state index in [1.807, 2.05) is 0 Å². The Bertz CT molecular complexity index is 412. The number of rotatable bonds is 5. The summed E-state index contributed by atoms with van der Waals surface area (Å²) in [6.07, 6.45) is 2.39. The summed E-state index contributed by atoms with van der Waals surface area (Å²) in [5.41, 5.74) is 1.66. The lowest BCUT2D eigenvalue weighted by molar-refractivity contribution is 0.0278. The summed E-state index contributed by atoms with van der Waals surface area (Å²) in [5, 5.41) is 3.65. The van der Waals surface area contributed by atoms with Gasteiger partial charge in [-0.25, -0.2) is 0 Å². The van der Waals surface area contributed by atoms with Crippen LogP contribution in [-0.2, 0) is 6.54 Å². The Labute approximate surface area is 123 Å². The van der Waals surface area contributed by atoms with E-state index in [4.69, 9.17) is 4.74 Å². The van der Waals surface area contributed by atoms with E-state index >= 15 is 0 Å². The van der Waals surface area contributed by atoms with E-state index in [0.717, 1.165) is 25.4 Å². The lowest BCUT2D eigenvalue weighted by Crippen LogP contribution is -2.63. The standard InChI is InChI=1S/C17H28N2O/c1-5-17(6-2)13-18-14(3)11-19(17)12-15-7-9-16(20-4)10-8-15/h7-10,14,18H,5-6,11-13H2,1-4H3. The second-order valence-corrected chi connectivity index (χ2v) is 5.94. The van der Waals surface area contributed by atoms with Crippen LogP contribution in [0.25, 0.3) is 0 Å². The van der Waals surface area contributed by atoms with Crippen LogP contribution in [0.1, 0.15) is 39.2 Å². The highest BCUT2D eigenvalue weighted by Gasteiger charge is 2.37. The average molecular weight is 276 g/mol. The Morgan fingerprint density at radius 1 is 1.25 bits per heavy atom. The van der Waals surface area contributed by atoms with Gasteiger partial charge in [0.25, 0.3) is 0 Å². The molecule has 0 aromatic heterocycles. The summed E-state index contributed by atoms with van der Waals surface area (Å²) < 4.78 is 5.24. The van der Waals surface area contributed by atoms with Gasteiger partial charge in [0.15, 0.2) is 0 Å². The molecule has 1 aromatic rings. The van der Waals surface area contributed by atoms with Gasteiger partial charge in [0.05, 0.1) is 7.11 Å². The van der Waals surface area contributed by atoms with Crippen molar-refractivity contribution in [2.75, 3.05) is 20.2 Å². The summed E-state index contributed by atoms with van der Waals surface area (Å²) in [4.78, 5) is 2.66. The summed E-state index contributed by atoms with van der Waals surface area (Å²) in [5.74, 6) is 0.930. The van der Waals surface area contributed by atoms with E-state index in [2.05, 4.69) is 55.3 Å². The number of piperazine rings is 1. The van der Waals surface area contributed by atoms with Crippen LogP contribution in [0.5, 0.6) is 5.75 Å². The first-order valence-corrected chi connectivity index (χ1v) is 7.75. The van der Waals surface area contributed by atoms with Gasteiger partial charge in [0.2, 0.25) is 0 Å². The minimum atomic E-state index is 0.298. The second kappa shape index (κ2) is 6.59.